The summed E-state index contributed by atoms with van der Waals surface area (Å²) in [6.07, 6.45) is 3.04. The topological polar surface area (TPSA) is 68.2 Å². The second-order valence-electron chi connectivity index (χ2n) is 6.16. The molecule has 0 aromatic heterocycles. The minimum absolute atomic E-state index is 0.178. The Morgan fingerprint density at radius 1 is 1.33 bits per heavy atom. The SMILES string of the molecule is COC(=O)c1ccc(OC[C@H](O)CN2CCCC[C@H]2C)c(OC)c1. The molecule has 0 unspecified atom stereocenters. The van der Waals surface area contributed by atoms with E-state index in [4.69, 9.17) is 9.47 Å². The molecule has 1 heterocycles. The number of hydrogen-bond donors (Lipinski definition) is 1. The number of piperidine rings is 1. The van der Waals surface area contributed by atoms with Crippen LogP contribution in [0.5, 0.6) is 11.5 Å². The normalized spacial score (nSPS) is 19.6. The lowest BCUT2D eigenvalue weighted by molar-refractivity contribution is 0.0431. The third-order valence-electron chi connectivity index (χ3n) is 4.40. The maximum absolute atomic E-state index is 11.5. The number of methoxy groups -OCH3 is 2. The van der Waals surface area contributed by atoms with E-state index in [0.29, 0.717) is 29.6 Å². The number of nitrogens with zero attached hydrogens (tertiary/aromatic N) is 1. The monoisotopic (exact) mass is 337 g/mol. The van der Waals surface area contributed by atoms with E-state index in [1.54, 1.807) is 18.2 Å². The van der Waals surface area contributed by atoms with Crippen molar-refractivity contribution in [1.82, 2.24) is 4.90 Å². The first kappa shape index (κ1) is 18.5. The number of ether oxygens (including phenoxy) is 3. The number of aliphatic hydroxyl groups is 1. The third-order valence-corrected chi connectivity index (χ3v) is 4.40. The average molecular weight is 337 g/mol. The molecule has 2 rings (SSSR count). The van der Waals surface area contributed by atoms with Crippen molar-refractivity contribution in [2.45, 2.75) is 38.3 Å². The highest BCUT2D eigenvalue weighted by molar-refractivity contribution is 5.90. The number of β-amino-alcohol motifs (C(OH)–C–C–N with tert-alkyl or cyclic N) is 1. The predicted molar refractivity (Wildman–Crippen MR) is 90.7 cm³/mol. The fourth-order valence-electron chi connectivity index (χ4n) is 2.97. The second-order valence-corrected chi connectivity index (χ2v) is 6.16. The van der Waals surface area contributed by atoms with Gasteiger partial charge in [0, 0.05) is 12.6 Å². The summed E-state index contributed by atoms with van der Waals surface area (Å²) >= 11 is 0. The Kier molecular flexibility index (Phi) is 6.87. The molecule has 134 valence electrons. The number of carbonyl (C=O) groups excluding carboxylic acids is 1. The average Bonchev–Trinajstić information content (AvgIpc) is 2.61. The van der Waals surface area contributed by atoms with Gasteiger partial charge < -0.3 is 19.3 Å². The van der Waals surface area contributed by atoms with Gasteiger partial charge in [-0.1, -0.05) is 6.42 Å². The molecule has 0 aliphatic carbocycles. The van der Waals surface area contributed by atoms with Crippen molar-refractivity contribution in [1.29, 1.82) is 0 Å². The smallest absolute Gasteiger partial charge is 0.337 e. The zero-order valence-electron chi connectivity index (χ0n) is 14.7. The van der Waals surface area contributed by atoms with Gasteiger partial charge in [-0.3, -0.25) is 4.90 Å². The summed E-state index contributed by atoms with van der Waals surface area (Å²) in [5, 5.41) is 10.2. The highest BCUT2D eigenvalue weighted by atomic mass is 16.5. The van der Waals surface area contributed by atoms with Crippen molar-refractivity contribution in [3.63, 3.8) is 0 Å². The number of likely N-dealkylation sites (tertiary alicyclic amines) is 1. The minimum atomic E-state index is -0.574. The van der Waals surface area contributed by atoms with Gasteiger partial charge in [0.15, 0.2) is 11.5 Å². The number of hydrogen-bond acceptors (Lipinski definition) is 6. The second kappa shape index (κ2) is 8.89. The molecular formula is C18H27NO5. The lowest BCUT2D eigenvalue weighted by Gasteiger charge is -2.34. The van der Waals surface area contributed by atoms with Crippen LogP contribution < -0.4 is 9.47 Å². The Morgan fingerprint density at radius 3 is 2.79 bits per heavy atom. The molecule has 0 bridgehead atoms. The largest absolute Gasteiger partial charge is 0.493 e. The molecule has 1 fully saturated rings. The summed E-state index contributed by atoms with van der Waals surface area (Å²) < 4.78 is 15.6. The zero-order chi connectivity index (χ0) is 17.5. The fraction of sp³-hybridized carbons (Fsp3) is 0.611. The van der Waals surface area contributed by atoms with E-state index in [-0.39, 0.29) is 6.61 Å². The van der Waals surface area contributed by atoms with E-state index in [0.717, 1.165) is 6.54 Å². The molecule has 1 aromatic rings. The molecule has 6 heteroatoms. The van der Waals surface area contributed by atoms with Crippen molar-refractivity contribution in [3.05, 3.63) is 23.8 Å². The summed E-state index contributed by atoms with van der Waals surface area (Å²) in [4.78, 5) is 13.8. The fourth-order valence-corrected chi connectivity index (χ4v) is 2.97. The number of carbonyl (C=O) groups is 1. The first-order chi connectivity index (χ1) is 11.5. The Bertz CT molecular complexity index is 548. The Hall–Kier alpha value is -1.79. The highest BCUT2D eigenvalue weighted by Crippen LogP contribution is 2.28. The molecule has 1 aromatic carbocycles. The molecule has 0 radical (unpaired) electrons. The zero-order valence-corrected chi connectivity index (χ0v) is 14.7. The highest BCUT2D eigenvalue weighted by Gasteiger charge is 2.21. The third kappa shape index (κ3) is 4.85. The van der Waals surface area contributed by atoms with Crippen LogP contribution in [0, 0.1) is 0 Å². The van der Waals surface area contributed by atoms with Crippen LogP contribution in [-0.2, 0) is 4.74 Å². The first-order valence-corrected chi connectivity index (χ1v) is 8.36. The molecular weight excluding hydrogens is 310 g/mol. The van der Waals surface area contributed by atoms with E-state index in [9.17, 15) is 9.90 Å². The van der Waals surface area contributed by atoms with Crippen LogP contribution in [0.1, 0.15) is 36.5 Å². The standard InChI is InChI=1S/C18H27NO5/c1-13-6-4-5-9-19(13)11-15(20)12-24-16-8-7-14(18(21)23-3)10-17(16)22-2/h7-8,10,13,15,20H,4-6,9,11-12H2,1-3H3/t13-,15-/m1/s1. The molecule has 0 saturated carbocycles. The molecule has 1 N–H and O–H groups in total. The molecule has 1 aliphatic rings. The van der Waals surface area contributed by atoms with Gasteiger partial charge in [-0.25, -0.2) is 4.79 Å². The maximum Gasteiger partial charge on any atom is 0.337 e. The van der Waals surface area contributed by atoms with Crippen LogP contribution in [0.3, 0.4) is 0 Å². The molecule has 24 heavy (non-hydrogen) atoms. The van der Waals surface area contributed by atoms with Crippen molar-refractivity contribution >= 4 is 5.97 Å². The van der Waals surface area contributed by atoms with Crippen LogP contribution in [0.2, 0.25) is 0 Å². The number of aliphatic hydroxyl groups excluding tert-OH is 1. The number of benzene rings is 1. The van der Waals surface area contributed by atoms with Gasteiger partial charge >= 0.3 is 5.97 Å². The lowest BCUT2D eigenvalue weighted by atomic mass is 10.0. The van der Waals surface area contributed by atoms with Crippen molar-refractivity contribution in [2.24, 2.45) is 0 Å². The molecule has 0 spiro atoms. The Morgan fingerprint density at radius 2 is 2.12 bits per heavy atom. The van der Waals surface area contributed by atoms with E-state index < -0.39 is 12.1 Å². The predicted octanol–water partition coefficient (Wildman–Crippen LogP) is 2.10. The van der Waals surface area contributed by atoms with Crippen molar-refractivity contribution < 1.29 is 24.1 Å². The summed E-state index contributed by atoms with van der Waals surface area (Å²) in [6, 6.07) is 5.34. The van der Waals surface area contributed by atoms with Gasteiger partial charge in [0.05, 0.1) is 19.8 Å². The molecule has 1 saturated heterocycles. The Balaban J connectivity index is 1.91. The van der Waals surface area contributed by atoms with Crippen LogP contribution in [0.15, 0.2) is 18.2 Å². The first-order valence-electron chi connectivity index (χ1n) is 8.36. The van der Waals surface area contributed by atoms with Crippen molar-refractivity contribution in [2.75, 3.05) is 33.9 Å². The number of rotatable bonds is 7. The van der Waals surface area contributed by atoms with E-state index in [2.05, 4.69) is 16.6 Å². The van der Waals surface area contributed by atoms with Gasteiger partial charge in [0.2, 0.25) is 0 Å². The van der Waals surface area contributed by atoms with Gasteiger partial charge in [-0.15, -0.1) is 0 Å². The van der Waals surface area contributed by atoms with Crippen LogP contribution in [-0.4, -0.2) is 62.0 Å². The van der Waals surface area contributed by atoms with Crippen LogP contribution in [0.4, 0.5) is 0 Å². The number of esters is 1. The van der Waals surface area contributed by atoms with E-state index in [1.807, 2.05) is 0 Å². The summed E-state index contributed by atoms with van der Waals surface area (Å²) in [5.74, 6) is 0.506. The lowest BCUT2D eigenvalue weighted by Crippen LogP contribution is -2.43. The molecule has 2 atom stereocenters. The van der Waals surface area contributed by atoms with Gasteiger partial charge in [0.1, 0.15) is 12.7 Å². The Labute approximate surface area is 143 Å². The molecule has 1 aliphatic heterocycles. The summed E-state index contributed by atoms with van der Waals surface area (Å²) in [6.45, 7) is 4.00. The molecule has 6 nitrogen and oxygen atoms in total. The maximum atomic E-state index is 11.5. The van der Waals surface area contributed by atoms with E-state index >= 15 is 0 Å². The van der Waals surface area contributed by atoms with Crippen LogP contribution in [0.25, 0.3) is 0 Å². The van der Waals surface area contributed by atoms with Gasteiger partial charge in [-0.2, -0.15) is 0 Å². The van der Waals surface area contributed by atoms with Gasteiger partial charge in [0.25, 0.3) is 0 Å². The molecule has 0 amide bonds. The van der Waals surface area contributed by atoms with E-state index in [1.165, 1.54) is 33.5 Å². The van der Waals surface area contributed by atoms with Gasteiger partial charge in [-0.05, 0) is 44.5 Å². The summed E-state index contributed by atoms with van der Waals surface area (Å²) in [5.41, 5.74) is 0.393. The van der Waals surface area contributed by atoms with Crippen LogP contribution >= 0.6 is 0 Å². The minimum Gasteiger partial charge on any atom is -0.493 e. The quantitative estimate of drug-likeness (QED) is 0.769. The summed E-state index contributed by atoms with van der Waals surface area (Å²) in [7, 11) is 2.84. The van der Waals surface area contributed by atoms with Crippen molar-refractivity contribution in [3.8, 4) is 11.5 Å².